The standard InChI is InChI=1S/C16H11ClIN3OS/c17-14-6-3-11(18)9-13(14)15(22)21-16(23)20-12-4-1-10(2-5-12)7-8-19/h1-6,9H,7H2,(H2,20,21,22,23). The number of nitrogens with one attached hydrogen (secondary N) is 2. The van der Waals surface area contributed by atoms with Gasteiger partial charge >= 0.3 is 0 Å². The number of rotatable bonds is 3. The molecule has 0 aliphatic rings. The summed E-state index contributed by atoms with van der Waals surface area (Å²) in [5.74, 6) is -0.368. The first-order chi connectivity index (χ1) is 11.0. The molecule has 0 bridgehead atoms. The fourth-order valence-corrected chi connectivity index (χ4v) is 2.71. The van der Waals surface area contributed by atoms with E-state index >= 15 is 0 Å². The number of carbonyl (C=O) groups excluding carboxylic acids is 1. The highest BCUT2D eigenvalue weighted by Crippen LogP contribution is 2.18. The van der Waals surface area contributed by atoms with E-state index in [2.05, 4.69) is 39.3 Å². The van der Waals surface area contributed by atoms with Crippen LogP contribution in [0.3, 0.4) is 0 Å². The van der Waals surface area contributed by atoms with Crippen LogP contribution < -0.4 is 10.6 Å². The maximum atomic E-state index is 12.2. The summed E-state index contributed by atoms with van der Waals surface area (Å²) >= 11 is 13.3. The van der Waals surface area contributed by atoms with E-state index in [-0.39, 0.29) is 11.0 Å². The van der Waals surface area contributed by atoms with Crippen LogP contribution in [0.5, 0.6) is 0 Å². The molecule has 0 fully saturated rings. The molecule has 2 aromatic carbocycles. The molecule has 7 heteroatoms. The lowest BCUT2D eigenvalue weighted by Gasteiger charge is -2.11. The van der Waals surface area contributed by atoms with Gasteiger partial charge in [-0.25, -0.2) is 0 Å². The van der Waals surface area contributed by atoms with E-state index < -0.39 is 0 Å². The van der Waals surface area contributed by atoms with E-state index in [1.165, 1.54) is 0 Å². The van der Waals surface area contributed by atoms with Gasteiger partial charge in [-0.2, -0.15) is 5.26 Å². The summed E-state index contributed by atoms with van der Waals surface area (Å²) in [5, 5.41) is 14.7. The first kappa shape index (κ1) is 17.7. The predicted octanol–water partition coefficient (Wildman–Crippen LogP) is 4.14. The smallest absolute Gasteiger partial charge is 0.258 e. The highest BCUT2D eigenvalue weighted by Gasteiger charge is 2.12. The molecular weight excluding hydrogens is 445 g/mol. The van der Waals surface area contributed by atoms with E-state index in [9.17, 15) is 4.79 Å². The number of carbonyl (C=O) groups is 1. The Kier molecular flexibility index (Phi) is 6.33. The molecule has 0 aliphatic carbocycles. The number of thiocarbonyl (C=S) groups is 1. The summed E-state index contributed by atoms with van der Waals surface area (Å²) in [6.07, 6.45) is 0.354. The Bertz CT molecular complexity index is 787. The van der Waals surface area contributed by atoms with Crippen LogP contribution in [0.4, 0.5) is 5.69 Å². The van der Waals surface area contributed by atoms with Gasteiger partial charge in [0.25, 0.3) is 5.91 Å². The van der Waals surface area contributed by atoms with Gasteiger partial charge in [-0.3, -0.25) is 10.1 Å². The largest absolute Gasteiger partial charge is 0.332 e. The van der Waals surface area contributed by atoms with Crippen LogP contribution in [-0.2, 0) is 6.42 Å². The molecule has 4 nitrogen and oxygen atoms in total. The summed E-state index contributed by atoms with van der Waals surface area (Å²) in [6, 6.07) is 14.5. The molecule has 0 radical (unpaired) electrons. The Hall–Kier alpha value is -1.69. The first-order valence-electron chi connectivity index (χ1n) is 6.53. The molecule has 23 heavy (non-hydrogen) atoms. The van der Waals surface area contributed by atoms with E-state index in [1.807, 2.05) is 18.2 Å². The van der Waals surface area contributed by atoms with Crippen molar-refractivity contribution in [2.45, 2.75) is 6.42 Å². The predicted molar refractivity (Wildman–Crippen MR) is 104 cm³/mol. The lowest BCUT2D eigenvalue weighted by Crippen LogP contribution is -2.34. The second kappa shape index (κ2) is 8.24. The fourth-order valence-electron chi connectivity index (χ4n) is 1.80. The monoisotopic (exact) mass is 455 g/mol. The molecule has 0 heterocycles. The number of anilines is 1. The van der Waals surface area contributed by atoms with Gasteiger partial charge in [-0.05, 0) is 70.7 Å². The van der Waals surface area contributed by atoms with E-state index in [1.54, 1.807) is 24.3 Å². The Morgan fingerprint density at radius 2 is 1.96 bits per heavy atom. The number of hydrogen-bond donors (Lipinski definition) is 2. The normalized spacial score (nSPS) is 9.78. The number of hydrogen-bond acceptors (Lipinski definition) is 3. The molecule has 0 atom stereocenters. The quantitative estimate of drug-likeness (QED) is 0.539. The number of nitrogens with zero attached hydrogens (tertiary/aromatic N) is 1. The van der Waals surface area contributed by atoms with Gasteiger partial charge in [0.1, 0.15) is 0 Å². The Balaban J connectivity index is 2.00. The number of benzene rings is 2. The van der Waals surface area contributed by atoms with Crippen molar-refractivity contribution >= 4 is 63.1 Å². The third-order valence-corrected chi connectivity index (χ3v) is 4.10. The van der Waals surface area contributed by atoms with Gasteiger partial charge in [0.2, 0.25) is 0 Å². The molecule has 2 N–H and O–H groups in total. The van der Waals surface area contributed by atoms with Crippen molar-refractivity contribution in [2.24, 2.45) is 0 Å². The van der Waals surface area contributed by atoms with Crippen LogP contribution in [0, 0.1) is 14.9 Å². The van der Waals surface area contributed by atoms with Crippen molar-refractivity contribution in [3.05, 3.63) is 62.2 Å². The van der Waals surface area contributed by atoms with Crippen molar-refractivity contribution in [1.82, 2.24) is 5.32 Å². The SMILES string of the molecule is N#CCc1ccc(NC(=S)NC(=O)c2cc(I)ccc2Cl)cc1. The maximum absolute atomic E-state index is 12.2. The zero-order valence-corrected chi connectivity index (χ0v) is 15.5. The van der Waals surface area contributed by atoms with Crippen molar-refractivity contribution in [2.75, 3.05) is 5.32 Å². The van der Waals surface area contributed by atoms with Crippen LogP contribution >= 0.6 is 46.4 Å². The number of amides is 1. The molecule has 0 saturated heterocycles. The van der Waals surface area contributed by atoms with Crippen molar-refractivity contribution in [3.8, 4) is 6.07 Å². The average Bonchev–Trinajstić information content (AvgIpc) is 2.51. The lowest BCUT2D eigenvalue weighted by molar-refractivity contribution is 0.0978. The van der Waals surface area contributed by atoms with Crippen LogP contribution in [0.2, 0.25) is 5.02 Å². The Morgan fingerprint density at radius 1 is 1.26 bits per heavy atom. The van der Waals surface area contributed by atoms with Crippen molar-refractivity contribution < 1.29 is 4.79 Å². The Labute approximate surface area is 158 Å². The third kappa shape index (κ3) is 5.16. The average molecular weight is 456 g/mol. The third-order valence-electron chi connectivity index (χ3n) is 2.90. The van der Waals surface area contributed by atoms with Gasteiger partial charge < -0.3 is 5.32 Å². The second-order valence-electron chi connectivity index (χ2n) is 4.56. The number of nitriles is 1. The number of halogens is 2. The van der Waals surface area contributed by atoms with Gasteiger partial charge in [0, 0.05) is 9.26 Å². The molecule has 2 rings (SSSR count). The minimum absolute atomic E-state index is 0.179. The van der Waals surface area contributed by atoms with Crippen LogP contribution in [0.25, 0.3) is 0 Å². The molecule has 0 saturated carbocycles. The van der Waals surface area contributed by atoms with Crippen molar-refractivity contribution in [3.63, 3.8) is 0 Å². The van der Waals surface area contributed by atoms with Gasteiger partial charge in [-0.15, -0.1) is 0 Å². The minimum Gasteiger partial charge on any atom is -0.332 e. The molecule has 2 aromatic rings. The molecular formula is C16H11ClIN3OS. The maximum Gasteiger partial charge on any atom is 0.258 e. The van der Waals surface area contributed by atoms with Crippen LogP contribution in [0.1, 0.15) is 15.9 Å². The topological polar surface area (TPSA) is 64.9 Å². The summed E-state index contributed by atoms with van der Waals surface area (Å²) in [6.45, 7) is 0. The first-order valence-corrected chi connectivity index (χ1v) is 8.39. The van der Waals surface area contributed by atoms with E-state index in [0.717, 1.165) is 14.8 Å². The highest BCUT2D eigenvalue weighted by atomic mass is 127. The van der Waals surface area contributed by atoms with Crippen LogP contribution in [0.15, 0.2) is 42.5 Å². The van der Waals surface area contributed by atoms with E-state index in [0.29, 0.717) is 17.0 Å². The molecule has 1 amide bonds. The highest BCUT2D eigenvalue weighted by molar-refractivity contribution is 14.1. The van der Waals surface area contributed by atoms with Crippen LogP contribution in [-0.4, -0.2) is 11.0 Å². The summed E-state index contributed by atoms with van der Waals surface area (Å²) in [5.41, 5.74) is 2.01. The Morgan fingerprint density at radius 3 is 2.61 bits per heavy atom. The fraction of sp³-hybridized carbons (Fsp3) is 0.0625. The minimum atomic E-state index is -0.368. The molecule has 0 spiro atoms. The molecule has 0 aliphatic heterocycles. The molecule has 0 aromatic heterocycles. The molecule has 116 valence electrons. The zero-order valence-electron chi connectivity index (χ0n) is 11.8. The van der Waals surface area contributed by atoms with Crippen molar-refractivity contribution in [1.29, 1.82) is 5.26 Å². The molecule has 0 unspecified atom stereocenters. The lowest BCUT2D eigenvalue weighted by atomic mass is 10.1. The summed E-state index contributed by atoms with van der Waals surface area (Å²) in [7, 11) is 0. The van der Waals surface area contributed by atoms with Gasteiger partial charge in [-0.1, -0.05) is 23.7 Å². The van der Waals surface area contributed by atoms with Gasteiger partial charge in [0.15, 0.2) is 5.11 Å². The second-order valence-corrected chi connectivity index (χ2v) is 6.63. The van der Waals surface area contributed by atoms with Gasteiger partial charge in [0.05, 0.1) is 23.1 Å². The van der Waals surface area contributed by atoms with E-state index in [4.69, 9.17) is 29.1 Å². The summed E-state index contributed by atoms with van der Waals surface area (Å²) in [4.78, 5) is 12.2. The summed E-state index contributed by atoms with van der Waals surface area (Å²) < 4.78 is 0.907. The zero-order chi connectivity index (χ0) is 16.8.